The van der Waals surface area contributed by atoms with Gasteiger partial charge in [0.05, 0.1) is 15.2 Å². The quantitative estimate of drug-likeness (QED) is 0.897. The predicted octanol–water partition coefficient (Wildman–Crippen LogP) is 4.29. The summed E-state index contributed by atoms with van der Waals surface area (Å²) in [7, 11) is 0. The van der Waals surface area contributed by atoms with E-state index in [9.17, 15) is 0 Å². The lowest BCUT2D eigenvalue weighted by molar-refractivity contribution is 1.15. The molecule has 0 unspecified atom stereocenters. The first-order valence-electron chi connectivity index (χ1n) is 4.34. The van der Waals surface area contributed by atoms with Crippen LogP contribution in [0.4, 0.5) is 11.5 Å². The molecule has 1 aromatic carbocycles. The molecular formula is C10H6BrCl2N3. The van der Waals surface area contributed by atoms with Gasteiger partial charge in [-0.25, -0.2) is 9.97 Å². The highest BCUT2D eigenvalue weighted by molar-refractivity contribution is 9.10. The van der Waals surface area contributed by atoms with Crippen molar-refractivity contribution in [1.29, 1.82) is 0 Å². The van der Waals surface area contributed by atoms with Crippen molar-refractivity contribution in [3.05, 3.63) is 45.2 Å². The Bertz CT molecular complexity index is 519. The van der Waals surface area contributed by atoms with Gasteiger partial charge in [-0.15, -0.1) is 0 Å². The van der Waals surface area contributed by atoms with Crippen molar-refractivity contribution >= 4 is 50.6 Å². The maximum absolute atomic E-state index is 6.03. The molecule has 0 aliphatic carbocycles. The Morgan fingerprint density at radius 3 is 2.75 bits per heavy atom. The summed E-state index contributed by atoms with van der Waals surface area (Å²) in [5.41, 5.74) is 0.741. The fourth-order valence-electron chi connectivity index (χ4n) is 1.12. The second kappa shape index (κ2) is 4.99. The van der Waals surface area contributed by atoms with E-state index in [-0.39, 0.29) is 0 Å². The minimum absolute atomic E-state index is 0.540. The van der Waals surface area contributed by atoms with E-state index in [1.54, 1.807) is 24.4 Å². The summed E-state index contributed by atoms with van der Waals surface area (Å²) in [5.74, 6) is 0.652. The van der Waals surface area contributed by atoms with Gasteiger partial charge in [0.15, 0.2) is 0 Å². The summed E-state index contributed by atoms with van der Waals surface area (Å²) in [6.45, 7) is 0. The Balaban J connectivity index is 2.31. The van der Waals surface area contributed by atoms with Gasteiger partial charge in [-0.05, 0) is 34.1 Å². The second-order valence-electron chi connectivity index (χ2n) is 2.97. The topological polar surface area (TPSA) is 37.8 Å². The van der Waals surface area contributed by atoms with Crippen LogP contribution in [0.3, 0.4) is 0 Å². The number of rotatable bonds is 2. The molecule has 0 aliphatic heterocycles. The highest BCUT2D eigenvalue weighted by atomic mass is 79.9. The zero-order valence-corrected chi connectivity index (χ0v) is 11.0. The lowest BCUT2D eigenvalue weighted by atomic mass is 10.3. The molecule has 0 atom stereocenters. The molecule has 0 saturated heterocycles. The van der Waals surface area contributed by atoms with Crippen molar-refractivity contribution in [2.75, 3.05) is 5.32 Å². The number of benzene rings is 1. The standard InChI is InChI=1S/C10H6BrCl2N3/c11-7-4-14-5-15-10(7)16-9-2-1-6(12)3-8(9)13/h1-5H,(H,14,15,16). The van der Waals surface area contributed by atoms with Crippen LogP contribution in [0, 0.1) is 0 Å². The number of nitrogens with one attached hydrogen (secondary N) is 1. The fraction of sp³-hybridized carbons (Fsp3) is 0. The van der Waals surface area contributed by atoms with E-state index in [1.807, 2.05) is 0 Å². The molecule has 0 fully saturated rings. The van der Waals surface area contributed by atoms with E-state index >= 15 is 0 Å². The largest absolute Gasteiger partial charge is 0.338 e. The van der Waals surface area contributed by atoms with Crippen LogP contribution >= 0.6 is 39.1 Å². The van der Waals surface area contributed by atoms with Crippen LogP contribution in [0.25, 0.3) is 0 Å². The van der Waals surface area contributed by atoms with Gasteiger partial charge in [0.1, 0.15) is 12.1 Å². The van der Waals surface area contributed by atoms with Crippen molar-refractivity contribution in [2.24, 2.45) is 0 Å². The average Bonchev–Trinajstić information content (AvgIpc) is 2.25. The Morgan fingerprint density at radius 1 is 1.25 bits per heavy atom. The van der Waals surface area contributed by atoms with E-state index in [4.69, 9.17) is 23.2 Å². The normalized spacial score (nSPS) is 10.2. The third-order valence-corrected chi connectivity index (χ3v) is 2.98. The number of nitrogens with zero attached hydrogens (tertiary/aromatic N) is 2. The molecule has 16 heavy (non-hydrogen) atoms. The van der Waals surface area contributed by atoms with Crippen molar-refractivity contribution in [2.45, 2.75) is 0 Å². The van der Waals surface area contributed by atoms with E-state index in [0.717, 1.165) is 10.2 Å². The highest BCUT2D eigenvalue weighted by Crippen LogP contribution is 2.29. The summed E-state index contributed by atoms with van der Waals surface area (Å²) >= 11 is 15.2. The second-order valence-corrected chi connectivity index (χ2v) is 4.67. The van der Waals surface area contributed by atoms with Gasteiger partial charge >= 0.3 is 0 Å². The van der Waals surface area contributed by atoms with Crippen molar-refractivity contribution in [1.82, 2.24) is 9.97 Å². The maximum Gasteiger partial charge on any atom is 0.148 e. The first-order chi connectivity index (χ1) is 7.66. The smallest absolute Gasteiger partial charge is 0.148 e. The van der Waals surface area contributed by atoms with Crippen LogP contribution < -0.4 is 5.32 Å². The summed E-state index contributed by atoms with van der Waals surface area (Å²) in [4.78, 5) is 7.95. The van der Waals surface area contributed by atoms with E-state index in [2.05, 4.69) is 31.2 Å². The lowest BCUT2D eigenvalue weighted by Gasteiger charge is -2.08. The fourth-order valence-corrected chi connectivity index (χ4v) is 1.90. The van der Waals surface area contributed by atoms with Crippen LogP contribution in [0.15, 0.2) is 35.2 Å². The predicted molar refractivity (Wildman–Crippen MR) is 69.5 cm³/mol. The van der Waals surface area contributed by atoms with Crippen LogP contribution in [0.1, 0.15) is 0 Å². The van der Waals surface area contributed by atoms with E-state index < -0.39 is 0 Å². The van der Waals surface area contributed by atoms with Gasteiger partial charge < -0.3 is 5.32 Å². The average molecular weight is 319 g/mol. The third-order valence-electron chi connectivity index (χ3n) is 1.85. The molecule has 6 heteroatoms. The zero-order chi connectivity index (χ0) is 11.5. The molecule has 2 aromatic rings. The molecule has 1 N–H and O–H groups in total. The number of aromatic nitrogens is 2. The highest BCUT2D eigenvalue weighted by Gasteiger charge is 2.05. The Hall–Kier alpha value is -0.840. The summed E-state index contributed by atoms with van der Waals surface area (Å²) in [6, 6.07) is 5.21. The van der Waals surface area contributed by atoms with Gasteiger partial charge in [-0.1, -0.05) is 23.2 Å². The van der Waals surface area contributed by atoms with Gasteiger partial charge in [0.25, 0.3) is 0 Å². The van der Waals surface area contributed by atoms with Gasteiger partial charge in [-0.3, -0.25) is 0 Å². The summed E-state index contributed by atoms with van der Waals surface area (Å²) in [5, 5.41) is 4.21. The van der Waals surface area contributed by atoms with Crippen molar-refractivity contribution in [3.8, 4) is 0 Å². The van der Waals surface area contributed by atoms with E-state index in [0.29, 0.717) is 15.9 Å². The molecule has 0 aliphatic rings. The first kappa shape index (κ1) is 11.6. The van der Waals surface area contributed by atoms with Gasteiger partial charge in [0, 0.05) is 11.2 Å². The molecule has 0 amide bonds. The molecule has 2 rings (SSSR count). The SMILES string of the molecule is Clc1ccc(Nc2ncncc2Br)c(Cl)c1. The number of anilines is 2. The van der Waals surface area contributed by atoms with Crippen LogP contribution in [-0.4, -0.2) is 9.97 Å². The molecule has 0 bridgehead atoms. The summed E-state index contributed by atoms with van der Waals surface area (Å²) < 4.78 is 0.765. The molecule has 0 radical (unpaired) electrons. The van der Waals surface area contributed by atoms with Crippen LogP contribution in [0.2, 0.25) is 10.0 Å². The molecule has 0 spiro atoms. The molecular weight excluding hydrogens is 313 g/mol. The monoisotopic (exact) mass is 317 g/mol. The van der Waals surface area contributed by atoms with Gasteiger partial charge in [0.2, 0.25) is 0 Å². The summed E-state index contributed by atoms with van der Waals surface area (Å²) in [6.07, 6.45) is 3.11. The molecule has 1 heterocycles. The number of halogens is 3. The third kappa shape index (κ3) is 2.64. The Morgan fingerprint density at radius 2 is 2.06 bits per heavy atom. The molecule has 3 nitrogen and oxygen atoms in total. The van der Waals surface area contributed by atoms with Crippen LogP contribution in [0.5, 0.6) is 0 Å². The first-order valence-corrected chi connectivity index (χ1v) is 5.89. The molecule has 82 valence electrons. The van der Waals surface area contributed by atoms with E-state index in [1.165, 1.54) is 6.33 Å². The zero-order valence-electron chi connectivity index (χ0n) is 7.92. The minimum Gasteiger partial charge on any atom is -0.338 e. The Labute approximate surface area is 111 Å². The van der Waals surface area contributed by atoms with Crippen molar-refractivity contribution < 1.29 is 0 Å². The number of hydrogen-bond acceptors (Lipinski definition) is 3. The lowest BCUT2D eigenvalue weighted by Crippen LogP contribution is -1.95. The maximum atomic E-state index is 6.03. The minimum atomic E-state index is 0.540. The Kier molecular flexibility index (Phi) is 3.63. The molecule has 1 aromatic heterocycles. The van der Waals surface area contributed by atoms with Crippen LogP contribution in [-0.2, 0) is 0 Å². The van der Waals surface area contributed by atoms with Crippen molar-refractivity contribution in [3.63, 3.8) is 0 Å². The van der Waals surface area contributed by atoms with Gasteiger partial charge in [-0.2, -0.15) is 0 Å². The number of hydrogen-bond donors (Lipinski definition) is 1. The molecule has 0 saturated carbocycles.